The SMILES string of the molecule is Cc1c(Cl)c(=O)oc2cc(OS(C)(=O)=O)ccc12. The van der Waals surface area contributed by atoms with Gasteiger partial charge in [0.05, 0.1) is 6.26 Å². The highest BCUT2D eigenvalue weighted by molar-refractivity contribution is 7.86. The Labute approximate surface area is 108 Å². The first-order valence-corrected chi connectivity index (χ1v) is 7.10. The van der Waals surface area contributed by atoms with Crippen molar-refractivity contribution >= 4 is 32.7 Å². The Balaban J connectivity index is 2.67. The predicted octanol–water partition coefficient (Wildman–Crippen LogP) is 2.09. The van der Waals surface area contributed by atoms with E-state index < -0.39 is 15.7 Å². The minimum atomic E-state index is -3.62. The van der Waals surface area contributed by atoms with Crippen molar-refractivity contribution in [2.45, 2.75) is 6.92 Å². The Hall–Kier alpha value is -1.53. The van der Waals surface area contributed by atoms with E-state index in [0.29, 0.717) is 10.9 Å². The first-order chi connectivity index (χ1) is 8.28. The molecule has 0 atom stereocenters. The van der Waals surface area contributed by atoms with Crippen LogP contribution in [0, 0.1) is 6.92 Å². The van der Waals surface area contributed by atoms with E-state index in [1.165, 1.54) is 12.1 Å². The van der Waals surface area contributed by atoms with Gasteiger partial charge >= 0.3 is 15.7 Å². The molecule has 0 N–H and O–H groups in total. The quantitative estimate of drug-likeness (QED) is 0.625. The number of hydrogen-bond acceptors (Lipinski definition) is 5. The van der Waals surface area contributed by atoms with Gasteiger partial charge in [0.15, 0.2) is 0 Å². The monoisotopic (exact) mass is 288 g/mol. The average Bonchev–Trinajstić information content (AvgIpc) is 2.23. The molecule has 0 aliphatic carbocycles. The van der Waals surface area contributed by atoms with Crippen molar-refractivity contribution in [1.82, 2.24) is 0 Å². The molecule has 0 bridgehead atoms. The third kappa shape index (κ3) is 2.49. The van der Waals surface area contributed by atoms with Gasteiger partial charge in [0.25, 0.3) is 0 Å². The van der Waals surface area contributed by atoms with E-state index in [1.54, 1.807) is 13.0 Å². The largest absolute Gasteiger partial charge is 0.421 e. The third-order valence-electron chi connectivity index (χ3n) is 2.32. The summed E-state index contributed by atoms with van der Waals surface area (Å²) in [5, 5.41) is 0.639. The number of hydrogen-bond donors (Lipinski definition) is 0. The lowest BCUT2D eigenvalue weighted by Crippen LogP contribution is -2.06. The summed E-state index contributed by atoms with van der Waals surface area (Å²) in [5.74, 6) is 0.0786. The van der Waals surface area contributed by atoms with Gasteiger partial charge < -0.3 is 8.60 Å². The summed E-state index contributed by atoms with van der Waals surface area (Å²) in [4.78, 5) is 11.4. The van der Waals surface area contributed by atoms with Crippen molar-refractivity contribution in [3.63, 3.8) is 0 Å². The average molecular weight is 289 g/mol. The molecular weight excluding hydrogens is 280 g/mol. The molecule has 0 saturated heterocycles. The molecule has 0 saturated carbocycles. The summed E-state index contributed by atoms with van der Waals surface area (Å²) < 4.78 is 31.6. The second-order valence-electron chi connectivity index (χ2n) is 3.77. The van der Waals surface area contributed by atoms with E-state index >= 15 is 0 Å². The molecule has 1 aromatic carbocycles. The van der Waals surface area contributed by atoms with Crippen LogP contribution in [-0.2, 0) is 10.1 Å². The topological polar surface area (TPSA) is 73.6 Å². The van der Waals surface area contributed by atoms with E-state index in [-0.39, 0.29) is 16.4 Å². The molecule has 5 nitrogen and oxygen atoms in total. The molecule has 1 aromatic heterocycles. The van der Waals surface area contributed by atoms with Crippen molar-refractivity contribution in [2.24, 2.45) is 0 Å². The van der Waals surface area contributed by atoms with Gasteiger partial charge in [0.2, 0.25) is 0 Å². The van der Waals surface area contributed by atoms with Crippen molar-refractivity contribution in [3.8, 4) is 5.75 Å². The van der Waals surface area contributed by atoms with E-state index in [4.69, 9.17) is 20.2 Å². The van der Waals surface area contributed by atoms with Crippen molar-refractivity contribution in [2.75, 3.05) is 6.26 Å². The van der Waals surface area contributed by atoms with Gasteiger partial charge in [0, 0.05) is 11.5 Å². The summed E-state index contributed by atoms with van der Waals surface area (Å²) in [6.07, 6.45) is 0.931. The fraction of sp³-hybridized carbons (Fsp3) is 0.182. The molecule has 2 aromatic rings. The Morgan fingerprint density at radius 2 is 2.00 bits per heavy atom. The maximum absolute atomic E-state index is 11.4. The lowest BCUT2D eigenvalue weighted by molar-refractivity contribution is 0.492. The van der Waals surface area contributed by atoms with E-state index in [2.05, 4.69) is 0 Å². The minimum Gasteiger partial charge on any atom is -0.421 e. The van der Waals surface area contributed by atoms with Crippen LogP contribution in [0.15, 0.2) is 27.4 Å². The first kappa shape index (κ1) is 12.9. The molecule has 0 amide bonds. The zero-order chi connectivity index (χ0) is 13.5. The molecule has 0 aliphatic heterocycles. The molecule has 0 fully saturated rings. The van der Waals surface area contributed by atoms with Crippen LogP contribution in [0.4, 0.5) is 0 Å². The van der Waals surface area contributed by atoms with Crippen molar-refractivity contribution < 1.29 is 17.0 Å². The standard InChI is InChI=1S/C11H9ClO5S/c1-6-8-4-3-7(17-18(2,14)15)5-9(8)16-11(13)10(6)12/h3-5H,1-2H3. The van der Waals surface area contributed by atoms with Crippen LogP contribution in [0.25, 0.3) is 11.0 Å². The van der Waals surface area contributed by atoms with Crippen molar-refractivity contribution in [1.29, 1.82) is 0 Å². The molecule has 0 radical (unpaired) electrons. The highest BCUT2D eigenvalue weighted by Crippen LogP contribution is 2.26. The number of halogens is 1. The predicted molar refractivity (Wildman–Crippen MR) is 67.7 cm³/mol. The van der Waals surface area contributed by atoms with Crippen LogP contribution >= 0.6 is 11.6 Å². The Bertz CT molecular complexity index is 776. The molecule has 7 heteroatoms. The summed E-state index contributed by atoms with van der Waals surface area (Å²) >= 11 is 5.77. The van der Waals surface area contributed by atoms with Crippen LogP contribution in [-0.4, -0.2) is 14.7 Å². The number of aryl methyl sites for hydroxylation is 1. The first-order valence-electron chi connectivity index (χ1n) is 4.90. The second kappa shape index (κ2) is 4.29. The van der Waals surface area contributed by atoms with Gasteiger partial charge in [0.1, 0.15) is 16.4 Å². The lowest BCUT2D eigenvalue weighted by atomic mass is 10.1. The molecule has 0 spiro atoms. The van der Waals surface area contributed by atoms with Crippen LogP contribution < -0.4 is 9.81 Å². The van der Waals surface area contributed by atoms with Gasteiger partial charge in [-0.2, -0.15) is 8.42 Å². The van der Waals surface area contributed by atoms with Crippen LogP contribution in [0.2, 0.25) is 5.02 Å². The maximum atomic E-state index is 11.4. The van der Waals surface area contributed by atoms with Gasteiger partial charge in [-0.1, -0.05) is 11.6 Å². The molecule has 0 unspecified atom stereocenters. The van der Waals surface area contributed by atoms with E-state index in [1.807, 2.05) is 0 Å². The number of fused-ring (bicyclic) bond motifs is 1. The van der Waals surface area contributed by atoms with E-state index in [9.17, 15) is 13.2 Å². The minimum absolute atomic E-state index is 0.0132. The third-order valence-corrected chi connectivity index (χ3v) is 3.25. The van der Waals surface area contributed by atoms with Gasteiger partial charge in [-0.3, -0.25) is 0 Å². The fourth-order valence-electron chi connectivity index (χ4n) is 1.54. The maximum Gasteiger partial charge on any atom is 0.355 e. The molecule has 18 heavy (non-hydrogen) atoms. The highest BCUT2D eigenvalue weighted by Gasteiger charge is 2.11. The van der Waals surface area contributed by atoms with Crippen LogP contribution in [0.5, 0.6) is 5.75 Å². The summed E-state index contributed by atoms with van der Waals surface area (Å²) in [5.41, 5.74) is 0.134. The Kier molecular flexibility index (Phi) is 3.08. The molecular formula is C11H9ClO5S. The number of benzene rings is 1. The molecule has 1 heterocycles. The lowest BCUT2D eigenvalue weighted by Gasteiger charge is -2.05. The summed E-state index contributed by atoms with van der Waals surface area (Å²) in [6.45, 7) is 1.68. The Morgan fingerprint density at radius 1 is 1.33 bits per heavy atom. The zero-order valence-electron chi connectivity index (χ0n) is 9.56. The second-order valence-corrected chi connectivity index (χ2v) is 5.73. The van der Waals surface area contributed by atoms with Gasteiger partial charge in [-0.25, -0.2) is 4.79 Å². The number of rotatable bonds is 2. The highest BCUT2D eigenvalue weighted by atomic mass is 35.5. The zero-order valence-corrected chi connectivity index (χ0v) is 11.1. The summed E-state index contributed by atoms with van der Waals surface area (Å²) in [7, 11) is -3.62. The smallest absolute Gasteiger partial charge is 0.355 e. The molecule has 96 valence electrons. The van der Waals surface area contributed by atoms with Crippen molar-refractivity contribution in [3.05, 3.63) is 39.2 Å². The van der Waals surface area contributed by atoms with E-state index in [0.717, 1.165) is 6.26 Å². The summed E-state index contributed by atoms with van der Waals surface area (Å²) in [6, 6.07) is 4.38. The van der Waals surface area contributed by atoms with Gasteiger partial charge in [-0.05, 0) is 24.6 Å². The molecule has 2 rings (SSSR count). The molecule has 0 aliphatic rings. The van der Waals surface area contributed by atoms with Crippen LogP contribution in [0.3, 0.4) is 0 Å². The normalized spacial score (nSPS) is 11.7. The van der Waals surface area contributed by atoms with Crippen LogP contribution in [0.1, 0.15) is 5.56 Å². The fourth-order valence-corrected chi connectivity index (χ4v) is 2.13. The Morgan fingerprint density at radius 3 is 2.61 bits per heavy atom. The van der Waals surface area contributed by atoms with Gasteiger partial charge in [-0.15, -0.1) is 0 Å².